The van der Waals surface area contributed by atoms with Gasteiger partial charge in [-0.3, -0.25) is 0 Å². The summed E-state index contributed by atoms with van der Waals surface area (Å²) in [5, 5.41) is 3.52. The SMILES string of the molecule is CN(C)c1cccc2c(S(=O)(=O)Cl)cccc12.CN(C)c1cccc2c(S(=O)ONCCSSCCN)cccc12.NCCSSCCN. The number of nitrogens with two attached hydrogens (primary N) is 3. The van der Waals surface area contributed by atoms with Crippen molar-refractivity contribution in [1.29, 1.82) is 0 Å². The van der Waals surface area contributed by atoms with Crippen LogP contribution in [-0.4, -0.2) is 90.0 Å². The molecule has 0 spiro atoms. The molecule has 1 unspecified atom stereocenters. The highest BCUT2D eigenvalue weighted by molar-refractivity contribution is 8.77. The molecule has 0 saturated heterocycles. The van der Waals surface area contributed by atoms with Crippen LogP contribution >= 0.6 is 53.9 Å². The second-order valence-corrected chi connectivity index (χ2v) is 19.4. The van der Waals surface area contributed by atoms with E-state index in [0.29, 0.717) is 23.4 Å². The summed E-state index contributed by atoms with van der Waals surface area (Å²) in [6.07, 6.45) is 0. The standard InChI is InChI=1S/C16H23N3O2S3.C12H12ClNO2S.C4H12N2S2/c1-19(2)15-7-3-6-14-13(15)5-4-8-16(14)24(20)21-18-10-12-23-22-11-9-17;1-14(2)11-7-3-6-10-9(11)5-4-8-12(10)17(13,15)16;5-1-3-7-8-4-2-6/h3-8,18H,9-12,17H2,1-2H3;3-8H,1-2H3;1-6H2. The molecule has 0 fully saturated rings. The van der Waals surface area contributed by atoms with Gasteiger partial charge in [0, 0.05) is 121 Å². The molecule has 0 bridgehead atoms. The Hall–Kier alpha value is -1.41. The Morgan fingerprint density at radius 3 is 1.59 bits per heavy atom. The highest BCUT2D eigenvalue weighted by Crippen LogP contribution is 2.32. The van der Waals surface area contributed by atoms with Crippen LogP contribution < -0.4 is 32.5 Å². The van der Waals surface area contributed by atoms with Gasteiger partial charge in [-0.15, -0.1) is 0 Å². The summed E-state index contributed by atoms with van der Waals surface area (Å²) in [7, 11) is 16.6. The molecular weight excluding hydrogens is 760 g/mol. The molecule has 17 heteroatoms. The first-order valence-corrected chi connectivity index (χ1v) is 23.6. The van der Waals surface area contributed by atoms with Gasteiger partial charge >= 0.3 is 0 Å². The van der Waals surface area contributed by atoms with Gasteiger partial charge in [0.25, 0.3) is 9.05 Å². The Morgan fingerprint density at radius 1 is 0.673 bits per heavy atom. The van der Waals surface area contributed by atoms with E-state index in [1.807, 2.05) is 92.6 Å². The quantitative estimate of drug-likeness (QED) is 0.0432. The lowest BCUT2D eigenvalue weighted by Crippen LogP contribution is -2.19. The van der Waals surface area contributed by atoms with Crippen molar-refractivity contribution in [1.82, 2.24) is 5.48 Å². The normalized spacial score (nSPS) is 11.8. The van der Waals surface area contributed by atoms with Crippen LogP contribution in [0.3, 0.4) is 0 Å². The molecule has 49 heavy (non-hydrogen) atoms. The number of hydrogen-bond acceptors (Lipinski definition) is 14. The van der Waals surface area contributed by atoms with Crippen LogP contribution in [0.25, 0.3) is 21.5 Å². The molecule has 0 aliphatic carbocycles. The number of hydrogen-bond donors (Lipinski definition) is 4. The molecule has 10 nitrogen and oxygen atoms in total. The fraction of sp³-hybridized carbons (Fsp3) is 0.375. The van der Waals surface area contributed by atoms with E-state index in [-0.39, 0.29) is 4.90 Å². The van der Waals surface area contributed by atoms with E-state index in [9.17, 15) is 12.6 Å². The second kappa shape index (κ2) is 23.9. The summed E-state index contributed by atoms with van der Waals surface area (Å²) in [5.41, 5.74) is 20.8. The third-order valence-electron chi connectivity index (χ3n) is 6.32. The Balaban J connectivity index is 0.000000289. The van der Waals surface area contributed by atoms with Gasteiger partial charge in [0.15, 0.2) is 0 Å². The maximum absolute atomic E-state index is 12.5. The Labute approximate surface area is 314 Å². The molecule has 0 aliphatic heterocycles. The zero-order valence-electron chi connectivity index (χ0n) is 28.2. The molecule has 0 aromatic heterocycles. The number of hydroxylamine groups is 1. The van der Waals surface area contributed by atoms with E-state index in [4.69, 9.17) is 32.2 Å². The Bertz CT molecular complexity index is 1700. The summed E-state index contributed by atoms with van der Waals surface area (Å²) >= 11 is -1.55. The second-order valence-electron chi connectivity index (χ2n) is 10.3. The van der Waals surface area contributed by atoms with Crippen LogP contribution in [0, 0.1) is 0 Å². The van der Waals surface area contributed by atoms with Crippen molar-refractivity contribution in [3.05, 3.63) is 72.8 Å². The number of rotatable bonds is 17. The molecule has 1 atom stereocenters. The summed E-state index contributed by atoms with van der Waals surface area (Å²) in [6.45, 7) is 2.84. The number of benzene rings is 4. The molecule has 0 aliphatic rings. The van der Waals surface area contributed by atoms with Crippen molar-refractivity contribution in [2.75, 3.05) is 87.2 Å². The zero-order chi connectivity index (χ0) is 36.2. The third-order valence-corrected chi connectivity index (χ3v) is 13.6. The summed E-state index contributed by atoms with van der Waals surface area (Å²) in [6, 6.07) is 22.4. The van der Waals surface area contributed by atoms with Gasteiger partial charge in [0.2, 0.25) is 11.1 Å². The van der Waals surface area contributed by atoms with Crippen LogP contribution in [0.2, 0.25) is 0 Å². The fourth-order valence-electron chi connectivity index (χ4n) is 4.27. The van der Waals surface area contributed by atoms with Gasteiger partial charge in [-0.2, -0.15) is 9.76 Å². The largest absolute Gasteiger partial charge is 0.377 e. The predicted molar refractivity (Wildman–Crippen MR) is 222 cm³/mol. The fourth-order valence-corrected chi connectivity index (χ4v) is 9.64. The molecule has 0 amide bonds. The molecule has 0 heterocycles. The van der Waals surface area contributed by atoms with Crippen molar-refractivity contribution >= 4 is 107 Å². The molecule has 7 N–H and O–H groups in total. The highest BCUT2D eigenvalue weighted by atomic mass is 35.7. The number of fused-ring (bicyclic) bond motifs is 2. The van der Waals surface area contributed by atoms with Crippen LogP contribution in [0.5, 0.6) is 0 Å². The molecule has 0 saturated carbocycles. The average Bonchev–Trinajstić information content (AvgIpc) is 3.08. The molecule has 4 aromatic rings. The maximum Gasteiger partial charge on any atom is 0.261 e. The first kappa shape index (κ1) is 43.8. The lowest BCUT2D eigenvalue weighted by Gasteiger charge is -2.16. The van der Waals surface area contributed by atoms with E-state index in [2.05, 4.69) is 5.48 Å². The lowest BCUT2D eigenvalue weighted by molar-refractivity contribution is 0.230. The van der Waals surface area contributed by atoms with Crippen LogP contribution in [0.15, 0.2) is 82.6 Å². The maximum atomic E-state index is 12.5. The van der Waals surface area contributed by atoms with Crippen molar-refractivity contribution < 1.29 is 16.9 Å². The minimum Gasteiger partial charge on any atom is -0.377 e. The first-order chi connectivity index (χ1) is 23.5. The number of nitrogens with one attached hydrogen (secondary N) is 1. The third kappa shape index (κ3) is 15.0. The van der Waals surface area contributed by atoms with Gasteiger partial charge in [0.05, 0.1) is 9.79 Å². The van der Waals surface area contributed by atoms with Gasteiger partial charge in [-0.25, -0.2) is 12.6 Å². The van der Waals surface area contributed by atoms with Gasteiger partial charge in [-0.1, -0.05) is 91.7 Å². The number of nitrogens with zero attached hydrogens (tertiary/aromatic N) is 2. The topological polar surface area (TPSA) is 157 Å². The van der Waals surface area contributed by atoms with Crippen molar-refractivity contribution in [3.8, 4) is 0 Å². The summed E-state index contributed by atoms with van der Waals surface area (Å²) < 4.78 is 40.7. The van der Waals surface area contributed by atoms with Crippen molar-refractivity contribution in [2.45, 2.75) is 9.79 Å². The van der Waals surface area contributed by atoms with E-state index < -0.39 is 20.1 Å². The minimum atomic E-state index is -3.72. The summed E-state index contributed by atoms with van der Waals surface area (Å²) in [4.78, 5) is 4.81. The van der Waals surface area contributed by atoms with Crippen LogP contribution in [0.1, 0.15) is 0 Å². The van der Waals surface area contributed by atoms with Crippen molar-refractivity contribution in [3.63, 3.8) is 0 Å². The van der Waals surface area contributed by atoms with Gasteiger partial charge in [0.1, 0.15) is 0 Å². The first-order valence-electron chi connectivity index (χ1n) is 15.2. The molecular formula is C32H47ClN6O4S6. The van der Waals surface area contributed by atoms with Gasteiger partial charge in [-0.05, 0) is 24.3 Å². The highest BCUT2D eigenvalue weighted by Gasteiger charge is 2.15. The van der Waals surface area contributed by atoms with E-state index in [0.717, 1.165) is 63.6 Å². The number of halogens is 1. The minimum absolute atomic E-state index is 0.153. The molecule has 4 rings (SSSR count). The summed E-state index contributed by atoms with van der Waals surface area (Å²) in [5.74, 6) is 3.86. The number of anilines is 2. The van der Waals surface area contributed by atoms with Crippen molar-refractivity contribution in [2.24, 2.45) is 17.2 Å². The smallest absolute Gasteiger partial charge is 0.261 e. The van der Waals surface area contributed by atoms with E-state index in [1.165, 1.54) is 6.07 Å². The van der Waals surface area contributed by atoms with E-state index >= 15 is 0 Å². The lowest BCUT2D eigenvalue weighted by atomic mass is 10.1. The molecule has 272 valence electrons. The predicted octanol–water partition coefficient (Wildman–Crippen LogP) is 5.91. The molecule has 4 aromatic carbocycles. The Morgan fingerprint density at radius 2 is 1.10 bits per heavy atom. The van der Waals surface area contributed by atoms with Crippen LogP contribution in [0.4, 0.5) is 11.4 Å². The van der Waals surface area contributed by atoms with Gasteiger partial charge < -0.3 is 27.0 Å². The average molecular weight is 808 g/mol. The van der Waals surface area contributed by atoms with Crippen LogP contribution in [-0.2, 0) is 24.4 Å². The van der Waals surface area contributed by atoms with E-state index in [1.54, 1.807) is 55.3 Å². The monoisotopic (exact) mass is 806 g/mol. The Kier molecular flexibility index (Phi) is 21.4. The molecule has 0 radical (unpaired) electrons. The zero-order valence-corrected chi connectivity index (χ0v) is 33.8.